The van der Waals surface area contributed by atoms with Crippen LogP contribution in [0.2, 0.25) is 0 Å². The Kier molecular flexibility index (Phi) is 5.76. The molecule has 4 rings (SSSR count). The number of thioether (sulfide) groups is 1. The molecule has 0 fully saturated rings. The number of carbonyl (C=O) groups excluding carboxylic acids is 1. The predicted octanol–water partition coefficient (Wildman–Crippen LogP) is 2.88. The summed E-state index contributed by atoms with van der Waals surface area (Å²) < 4.78 is 4.11. The van der Waals surface area contributed by atoms with Gasteiger partial charge in [0.15, 0.2) is 5.16 Å². The molecule has 0 spiro atoms. The lowest BCUT2D eigenvalue weighted by molar-refractivity contribution is 0.0946. The van der Waals surface area contributed by atoms with E-state index in [4.69, 9.17) is 0 Å². The maximum atomic E-state index is 12.8. The number of aromatic nitrogens is 5. The molecule has 1 N–H and O–H groups in total. The van der Waals surface area contributed by atoms with Gasteiger partial charge in [-0.05, 0) is 31.2 Å². The molecule has 0 radical (unpaired) electrons. The number of aryl methyl sites for hydroxylation is 1. The summed E-state index contributed by atoms with van der Waals surface area (Å²) in [6.07, 6.45) is 8.84. The lowest BCUT2D eigenvalue weighted by Crippen LogP contribution is -2.28. The van der Waals surface area contributed by atoms with Gasteiger partial charge in [0.05, 0.1) is 6.20 Å². The molecule has 0 unspecified atom stereocenters. The fraction of sp³-hybridized carbons (Fsp3) is 0.400. The molecule has 3 heterocycles. The molecule has 0 saturated carbocycles. The van der Waals surface area contributed by atoms with E-state index in [0.717, 1.165) is 41.9 Å². The van der Waals surface area contributed by atoms with Crippen molar-refractivity contribution >= 4 is 17.7 Å². The van der Waals surface area contributed by atoms with E-state index < -0.39 is 0 Å². The Balaban J connectivity index is 1.45. The molecule has 146 valence electrons. The second-order valence-electron chi connectivity index (χ2n) is 6.80. The van der Waals surface area contributed by atoms with Crippen molar-refractivity contribution in [2.24, 2.45) is 0 Å². The van der Waals surface area contributed by atoms with Gasteiger partial charge in [0.25, 0.3) is 5.91 Å². The fourth-order valence-electron chi connectivity index (χ4n) is 3.57. The van der Waals surface area contributed by atoms with Crippen LogP contribution in [-0.2, 0) is 19.4 Å². The van der Waals surface area contributed by atoms with Crippen LogP contribution in [0.4, 0.5) is 0 Å². The van der Waals surface area contributed by atoms with Crippen LogP contribution in [-0.4, -0.2) is 43.0 Å². The van der Waals surface area contributed by atoms with Crippen molar-refractivity contribution in [2.75, 3.05) is 12.8 Å². The van der Waals surface area contributed by atoms with Crippen LogP contribution >= 0.6 is 11.8 Å². The van der Waals surface area contributed by atoms with Gasteiger partial charge in [0.1, 0.15) is 17.3 Å². The molecular formula is C20H24N6OS. The molecule has 1 aromatic carbocycles. The third-order valence-electron chi connectivity index (χ3n) is 4.98. The number of fused-ring (bicyclic) bond motifs is 1. The number of nitrogens with one attached hydrogen (secondary N) is 1. The smallest absolute Gasteiger partial charge is 0.269 e. The minimum Gasteiger partial charge on any atom is -0.350 e. The topological polar surface area (TPSA) is 77.6 Å². The number of para-hydroxylation sites is 1. The molecule has 3 aromatic rings. The lowest BCUT2D eigenvalue weighted by Gasteiger charge is -2.11. The number of imidazole rings is 1. The Hall–Kier alpha value is -2.61. The number of hydrogen-bond donors (Lipinski definition) is 1. The van der Waals surface area contributed by atoms with Gasteiger partial charge in [-0.2, -0.15) is 0 Å². The zero-order valence-electron chi connectivity index (χ0n) is 16.0. The standard InChI is InChI=1S/C20H24N6OS/c1-28-20-22-14-16(26(20)15-8-4-2-5-9-15)19(27)21-12-11-18-24-23-17-10-6-3-7-13-25(17)18/h2,4-5,8-9,14H,3,6-7,10-13H2,1H3,(H,21,27). The number of amides is 1. The lowest BCUT2D eigenvalue weighted by atomic mass is 10.2. The Morgan fingerprint density at radius 1 is 1.18 bits per heavy atom. The van der Waals surface area contributed by atoms with Crippen molar-refractivity contribution in [2.45, 2.75) is 43.8 Å². The Bertz CT molecular complexity index is 949. The van der Waals surface area contributed by atoms with Gasteiger partial charge in [-0.15, -0.1) is 10.2 Å². The summed E-state index contributed by atoms with van der Waals surface area (Å²) in [7, 11) is 0. The van der Waals surface area contributed by atoms with Crippen LogP contribution in [0, 0.1) is 0 Å². The monoisotopic (exact) mass is 396 g/mol. The summed E-state index contributed by atoms with van der Waals surface area (Å²) in [5.74, 6) is 1.90. The number of benzene rings is 1. The first-order valence-electron chi connectivity index (χ1n) is 9.64. The summed E-state index contributed by atoms with van der Waals surface area (Å²) >= 11 is 1.52. The molecule has 0 atom stereocenters. The third-order valence-corrected chi connectivity index (χ3v) is 5.63. The number of carbonyl (C=O) groups is 1. The Morgan fingerprint density at radius 2 is 2.04 bits per heavy atom. The van der Waals surface area contributed by atoms with E-state index in [1.165, 1.54) is 24.6 Å². The van der Waals surface area contributed by atoms with E-state index in [9.17, 15) is 4.79 Å². The minimum absolute atomic E-state index is 0.132. The molecule has 1 aliphatic rings. The molecule has 0 aliphatic carbocycles. The molecule has 8 heteroatoms. The Labute approximate surface area is 168 Å². The normalized spacial score (nSPS) is 13.8. The van der Waals surface area contributed by atoms with Crippen LogP contribution in [0.5, 0.6) is 0 Å². The quantitative estimate of drug-likeness (QED) is 0.648. The molecule has 1 aliphatic heterocycles. The molecule has 28 heavy (non-hydrogen) atoms. The van der Waals surface area contributed by atoms with Gasteiger partial charge >= 0.3 is 0 Å². The highest BCUT2D eigenvalue weighted by Crippen LogP contribution is 2.21. The number of hydrogen-bond acceptors (Lipinski definition) is 5. The molecule has 1 amide bonds. The first kappa shape index (κ1) is 18.7. The third kappa shape index (κ3) is 3.82. The second kappa shape index (κ2) is 8.60. The van der Waals surface area contributed by atoms with Crippen LogP contribution in [0.25, 0.3) is 5.69 Å². The predicted molar refractivity (Wildman–Crippen MR) is 109 cm³/mol. The number of rotatable bonds is 6. The molecule has 0 saturated heterocycles. The number of nitrogens with zero attached hydrogens (tertiary/aromatic N) is 5. The van der Waals surface area contributed by atoms with Crippen molar-refractivity contribution < 1.29 is 4.79 Å². The molecule has 7 nitrogen and oxygen atoms in total. The maximum absolute atomic E-state index is 12.8. The zero-order valence-corrected chi connectivity index (χ0v) is 16.8. The van der Waals surface area contributed by atoms with Gasteiger partial charge in [0.2, 0.25) is 0 Å². The highest BCUT2D eigenvalue weighted by Gasteiger charge is 2.18. The highest BCUT2D eigenvalue weighted by molar-refractivity contribution is 7.98. The van der Waals surface area contributed by atoms with Gasteiger partial charge in [0, 0.05) is 31.6 Å². The van der Waals surface area contributed by atoms with Gasteiger partial charge < -0.3 is 9.88 Å². The summed E-state index contributed by atoms with van der Waals surface area (Å²) in [6, 6.07) is 9.82. The van der Waals surface area contributed by atoms with E-state index in [-0.39, 0.29) is 5.91 Å². The van der Waals surface area contributed by atoms with Crippen LogP contribution in [0.1, 0.15) is 41.4 Å². The van der Waals surface area contributed by atoms with Crippen molar-refractivity contribution in [3.63, 3.8) is 0 Å². The average molecular weight is 397 g/mol. The first-order chi connectivity index (χ1) is 13.8. The summed E-state index contributed by atoms with van der Waals surface area (Å²) in [5, 5.41) is 12.5. The minimum atomic E-state index is -0.132. The van der Waals surface area contributed by atoms with E-state index >= 15 is 0 Å². The zero-order chi connectivity index (χ0) is 19.3. The highest BCUT2D eigenvalue weighted by atomic mass is 32.2. The van der Waals surface area contributed by atoms with Gasteiger partial charge in [-0.25, -0.2) is 4.98 Å². The van der Waals surface area contributed by atoms with Gasteiger partial charge in [-0.1, -0.05) is 36.4 Å². The van der Waals surface area contributed by atoms with Crippen molar-refractivity contribution in [3.05, 3.63) is 53.9 Å². The summed E-state index contributed by atoms with van der Waals surface area (Å²) in [5.41, 5.74) is 1.47. The van der Waals surface area contributed by atoms with Gasteiger partial charge in [-0.3, -0.25) is 9.36 Å². The van der Waals surface area contributed by atoms with Crippen LogP contribution in [0.15, 0.2) is 41.7 Å². The van der Waals surface area contributed by atoms with E-state index in [1.807, 2.05) is 41.2 Å². The van der Waals surface area contributed by atoms with Crippen LogP contribution in [0.3, 0.4) is 0 Å². The van der Waals surface area contributed by atoms with Crippen molar-refractivity contribution in [1.82, 2.24) is 29.6 Å². The van der Waals surface area contributed by atoms with E-state index in [0.29, 0.717) is 18.7 Å². The largest absolute Gasteiger partial charge is 0.350 e. The van der Waals surface area contributed by atoms with E-state index in [2.05, 4.69) is 25.1 Å². The molecular weight excluding hydrogens is 372 g/mol. The molecule has 2 aromatic heterocycles. The molecule has 0 bridgehead atoms. The average Bonchev–Trinajstić information content (AvgIpc) is 3.25. The SMILES string of the molecule is CSc1ncc(C(=O)NCCc2nnc3n2CCCCC3)n1-c1ccccc1. The maximum Gasteiger partial charge on any atom is 0.269 e. The Morgan fingerprint density at radius 3 is 2.86 bits per heavy atom. The summed E-state index contributed by atoms with van der Waals surface area (Å²) in [6.45, 7) is 1.50. The fourth-order valence-corrected chi connectivity index (χ4v) is 4.12. The van der Waals surface area contributed by atoms with Crippen LogP contribution < -0.4 is 5.32 Å². The second-order valence-corrected chi connectivity index (χ2v) is 7.58. The van der Waals surface area contributed by atoms with Crippen molar-refractivity contribution in [3.8, 4) is 5.69 Å². The summed E-state index contributed by atoms with van der Waals surface area (Å²) in [4.78, 5) is 17.2. The first-order valence-corrected chi connectivity index (χ1v) is 10.9. The van der Waals surface area contributed by atoms with Crippen molar-refractivity contribution in [1.29, 1.82) is 0 Å². The van der Waals surface area contributed by atoms with E-state index in [1.54, 1.807) is 6.20 Å².